The lowest BCUT2D eigenvalue weighted by atomic mass is 10.1. The zero-order valence-electron chi connectivity index (χ0n) is 12.9. The van der Waals surface area contributed by atoms with Crippen LogP contribution in [-0.4, -0.2) is 46.0 Å². The summed E-state index contributed by atoms with van der Waals surface area (Å²) in [5.41, 5.74) is -1.03. The first-order chi connectivity index (χ1) is 11.1. The zero-order valence-corrected chi connectivity index (χ0v) is 13.7. The summed E-state index contributed by atoms with van der Waals surface area (Å²) in [6.07, 6.45) is 1.13. The van der Waals surface area contributed by atoms with Crippen molar-refractivity contribution in [2.24, 2.45) is 5.14 Å². The van der Waals surface area contributed by atoms with Crippen molar-refractivity contribution in [3.63, 3.8) is 0 Å². The number of halogens is 3. The second kappa shape index (κ2) is 7.01. The lowest BCUT2D eigenvalue weighted by Crippen LogP contribution is -2.47. The molecule has 1 heterocycles. The predicted octanol–water partition coefficient (Wildman–Crippen LogP) is 1.50. The standard InChI is InChI=1S/C15H18F3N3O2S/c1-2-3-6-20-7-9-21(10-8-20)14-5-4-12(24(19,22)23)11-13(14)15(16,17)18/h1,4-5,11H,3,6-10H2,(H2,19,22,23). The predicted molar refractivity (Wildman–Crippen MR) is 84.9 cm³/mol. The molecule has 1 saturated heterocycles. The summed E-state index contributed by atoms with van der Waals surface area (Å²) in [6, 6.07) is 2.86. The van der Waals surface area contributed by atoms with Crippen LogP contribution < -0.4 is 10.0 Å². The van der Waals surface area contributed by atoms with Gasteiger partial charge in [0.05, 0.1) is 10.5 Å². The number of anilines is 1. The molecular weight excluding hydrogens is 343 g/mol. The second-order valence-electron chi connectivity index (χ2n) is 5.50. The molecule has 132 valence electrons. The number of benzene rings is 1. The van der Waals surface area contributed by atoms with E-state index in [9.17, 15) is 21.6 Å². The lowest BCUT2D eigenvalue weighted by molar-refractivity contribution is -0.137. The van der Waals surface area contributed by atoms with E-state index in [4.69, 9.17) is 11.6 Å². The molecule has 24 heavy (non-hydrogen) atoms. The van der Waals surface area contributed by atoms with Gasteiger partial charge in [0.1, 0.15) is 0 Å². The Morgan fingerprint density at radius 2 is 1.83 bits per heavy atom. The van der Waals surface area contributed by atoms with E-state index in [1.165, 1.54) is 6.07 Å². The molecule has 0 saturated carbocycles. The van der Waals surface area contributed by atoms with Gasteiger partial charge >= 0.3 is 6.18 Å². The molecule has 0 unspecified atom stereocenters. The van der Waals surface area contributed by atoms with Gasteiger partial charge in [-0.05, 0) is 18.2 Å². The summed E-state index contributed by atoms with van der Waals surface area (Å²) in [4.78, 5) is 3.14. The van der Waals surface area contributed by atoms with Crippen LogP contribution in [0, 0.1) is 12.3 Å². The van der Waals surface area contributed by atoms with Gasteiger partial charge in [-0.15, -0.1) is 12.3 Å². The Kier molecular flexibility index (Phi) is 5.42. The van der Waals surface area contributed by atoms with Gasteiger partial charge in [0.15, 0.2) is 0 Å². The maximum atomic E-state index is 13.3. The van der Waals surface area contributed by atoms with Crippen LogP contribution >= 0.6 is 0 Å². The van der Waals surface area contributed by atoms with Crippen molar-refractivity contribution >= 4 is 15.7 Å². The van der Waals surface area contributed by atoms with Gasteiger partial charge in [-0.2, -0.15) is 13.2 Å². The van der Waals surface area contributed by atoms with Crippen molar-refractivity contribution in [2.75, 3.05) is 37.6 Å². The third-order valence-corrected chi connectivity index (χ3v) is 4.80. The van der Waals surface area contributed by atoms with Gasteiger partial charge in [0.25, 0.3) is 0 Å². The van der Waals surface area contributed by atoms with Crippen LogP contribution in [0.2, 0.25) is 0 Å². The van der Waals surface area contributed by atoms with Gasteiger partial charge in [-0.25, -0.2) is 13.6 Å². The molecule has 0 radical (unpaired) electrons. The monoisotopic (exact) mass is 361 g/mol. The highest BCUT2D eigenvalue weighted by molar-refractivity contribution is 7.89. The number of sulfonamides is 1. The van der Waals surface area contributed by atoms with E-state index in [1.54, 1.807) is 4.90 Å². The number of primary sulfonamides is 1. The molecule has 1 aromatic carbocycles. The molecule has 0 spiro atoms. The number of hydrogen-bond acceptors (Lipinski definition) is 4. The average molecular weight is 361 g/mol. The summed E-state index contributed by atoms with van der Waals surface area (Å²) in [5, 5.41) is 4.93. The van der Waals surface area contributed by atoms with E-state index in [0.717, 1.165) is 6.07 Å². The minimum atomic E-state index is -4.67. The van der Waals surface area contributed by atoms with E-state index in [0.29, 0.717) is 45.2 Å². The maximum absolute atomic E-state index is 13.3. The number of nitrogens with zero attached hydrogens (tertiary/aromatic N) is 2. The highest BCUT2D eigenvalue weighted by Gasteiger charge is 2.36. The third kappa shape index (κ3) is 4.41. The third-order valence-electron chi connectivity index (χ3n) is 3.89. The normalized spacial score (nSPS) is 16.9. The Morgan fingerprint density at radius 3 is 2.33 bits per heavy atom. The molecule has 0 atom stereocenters. The fourth-order valence-corrected chi connectivity index (χ4v) is 3.17. The average Bonchev–Trinajstić information content (AvgIpc) is 2.51. The summed E-state index contributed by atoms with van der Waals surface area (Å²) >= 11 is 0. The van der Waals surface area contributed by atoms with Crippen LogP contribution in [0.15, 0.2) is 23.1 Å². The quantitative estimate of drug-likeness (QED) is 0.826. The van der Waals surface area contributed by atoms with Gasteiger partial charge in [0, 0.05) is 44.8 Å². The molecule has 5 nitrogen and oxygen atoms in total. The number of hydrogen-bond donors (Lipinski definition) is 1. The van der Waals surface area contributed by atoms with Crippen LogP contribution in [-0.2, 0) is 16.2 Å². The topological polar surface area (TPSA) is 66.6 Å². The molecule has 9 heteroatoms. The molecule has 0 aliphatic carbocycles. The number of rotatable bonds is 4. The molecule has 2 rings (SSSR count). The molecule has 0 amide bonds. The molecule has 1 aromatic rings. The van der Waals surface area contributed by atoms with Crippen molar-refractivity contribution in [3.8, 4) is 12.3 Å². The smallest absolute Gasteiger partial charge is 0.368 e. The molecule has 2 N–H and O–H groups in total. The summed E-state index contributed by atoms with van der Waals surface area (Å²) in [7, 11) is -4.20. The number of piperazine rings is 1. The SMILES string of the molecule is C#CCCN1CCN(c2ccc(S(N)(=O)=O)cc2C(F)(F)F)CC1. The Hall–Kier alpha value is -1.76. The van der Waals surface area contributed by atoms with E-state index in [2.05, 4.69) is 10.8 Å². The van der Waals surface area contributed by atoms with Crippen molar-refractivity contribution in [3.05, 3.63) is 23.8 Å². The first-order valence-corrected chi connectivity index (χ1v) is 8.82. The minimum absolute atomic E-state index is 0.0356. The van der Waals surface area contributed by atoms with E-state index < -0.39 is 26.7 Å². The Bertz CT molecular complexity index is 733. The van der Waals surface area contributed by atoms with Gasteiger partial charge in [0.2, 0.25) is 10.0 Å². The van der Waals surface area contributed by atoms with Gasteiger partial charge < -0.3 is 4.90 Å². The van der Waals surface area contributed by atoms with Crippen LogP contribution in [0.1, 0.15) is 12.0 Å². The van der Waals surface area contributed by atoms with E-state index in [-0.39, 0.29) is 5.69 Å². The van der Waals surface area contributed by atoms with Crippen molar-refractivity contribution < 1.29 is 21.6 Å². The summed E-state index contributed by atoms with van der Waals surface area (Å²) < 4.78 is 62.6. The summed E-state index contributed by atoms with van der Waals surface area (Å²) in [5.74, 6) is 2.53. The molecule has 1 aliphatic heterocycles. The highest BCUT2D eigenvalue weighted by Crippen LogP contribution is 2.38. The van der Waals surface area contributed by atoms with E-state index in [1.807, 2.05) is 0 Å². The van der Waals surface area contributed by atoms with Crippen LogP contribution in [0.25, 0.3) is 0 Å². The highest BCUT2D eigenvalue weighted by atomic mass is 32.2. The van der Waals surface area contributed by atoms with E-state index >= 15 is 0 Å². The zero-order chi connectivity index (χ0) is 18.0. The maximum Gasteiger partial charge on any atom is 0.418 e. The van der Waals surface area contributed by atoms with Crippen molar-refractivity contribution in [2.45, 2.75) is 17.5 Å². The lowest BCUT2D eigenvalue weighted by Gasteiger charge is -2.37. The van der Waals surface area contributed by atoms with Gasteiger partial charge in [-0.3, -0.25) is 4.90 Å². The Balaban J connectivity index is 2.26. The summed E-state index contributed by atoms with van der Waals surface area (Å²) in [6.45, 7) is 2.71. The second-order valence-corrected chi connectivity index (χ2v) is 7.07. The number of nitrogens with two attached hydrogens (primary N) is 1. The number of alkyl halides is 3. The fourth-order valence-electron chi connectivity index (χ4n) is 2.63. The Morgan fingerprint density at radius 1 is 1.21 bits per heavy atom. The van der Waals surface area contributed by atoms with Gasteiger partial charge in [-0.1, -0.05) is 0 Å². The molecule has 1 aliphatic rings. The van der Waals surface area contributed by atoms with Crippen LogP contribution in [0.3, 0.4) is 0 Å². The first-order valence-electron chi connectivity index (χ1n) is 7.28. The van der Waals surface area contributed by atoms with Crippen LogP contribution in [0.5, 0.6) is 0 Å². The first kappa shape index (κ1) is 18.6. The Labute approximate surface area is 139 Å². The molecular formula is C15H18F3N3O2S. The van der Waals surface area contributed by atoms with Crippen molar-refractivity contribution in [1.82, 2.24) is 4.90 Å². The van der Waals surface area contributed by atoms with Crippen molar-refractivity contribution in [1.29, 1.82) is 0 Å². The fraction of sp³-hybridized carbons (Fsp3) is 0.467. The minimum Gasteiger partial charge on any atom is -0.368 e. The molecule has 0 bridgehead atoms. The number of terminal acetylenes is 1. The molecule has 1 fully saturated rings. The largest absolute Gasteiger partial charge is 0.418 e. The van der Waals surface area contributed by atoms with Crippen LogP contribution in [0.4, 0.5) is 18.9 Å². The molecule has 0 aromatic heterocycles.